The number of rotatable bonds is 5. The molecule has 23 heavy (non-hydrogen) atoms. The van der Waals surface area contributed by atoms with Gasteiger partial charge in [0, 0.05) is 17.7 Å². The van der Waals surface area contributed by atoms with Crippen molar-refractivity contribution in [2.24, 2.45) is 0 Å². The summed E-state index contributed by atoms with van der Waals surface area (Å²) in [7, 11) is 0. The first-order chi connectivity index (χ1) is 11.3. The van der Waals surface area contributed by atoms with Gasteiger partial charge < -0.3 is 15.0 Å². The van der Waals surface area contributed by atoms with Gasteiger partial charge in [-0.25, -0.2) is 0 Å². The lowest BCUT2D eigenvalue weighted by molar-refractivity contribution is -0.921. The van der Waals surface area contributed by atoms with E-state index in [0.29, 0.717) is 12.1 Å². The van der Waals surface area contributed by atoms with E-state index >= 15 is 0 Å². The van der Waals surface area contributed by atoms with Crippen molar-refractivity contribution in [2.45, 2.75) is 13.1 Å². The second-order valence-corrected chi connectivity index (χ2v) is 5.86. The number of benzene rings is 2. The third-order valence-corrected chi connectivity index (χ3v) is 4.23. The molecule has 0 spiro atoms. The average molecular weight is 311 g/mol. The van der Waals surface area contributed by atoms with Crippen molar-refractivity contribution in [3.05, 3.63) is 71.3 Å². The summed E-state index contributed by atoms with van der Waals surface area (Å²) in [6.45, 7) is 5.31. The third kappa shape index (κ3) is 4.41. The summed E-state index contributed by atoms with van der Waals surface area (Å²) in [5.41, 5.74) is 3.19. The van der Waals surface area contributed by atoms with Gasteiger partial charge in [0.25, 0.3) is 5.91 Å². The number of nitrogens with one attached hydrogen (secondary N) is 2. The minimum absolute atomic E-state index is 0.0286. The Balaban J connectivity index is 1.62. The van der Waals surface area contributed by atoms with Crippen LogP contribution in [0.5, 0.6) is 0 Å². The molecule has 0 bridgehead atoms. The molecule has 1 saturated heterocycles. The van der Waals surface area contributed by atoms with Crippen molar-refractivity contribution in [1.82, 2.24) is 5.32 Å². The molecule has 0 radical (unpaired) electrons. The molecule has 1 fully saturated rings. The minimum Gasteiger partial charge on any atom is -0.370 e. The number of ether oxygens (including phenoxy) is 1. The molecule has 1 aliphatic rings. The lowest BCUT2D eigenvalue weighted by Crippen LogP contribution is -3.12. The van der Waals surface area contributed by atoms with Gasteiger partial charge in [-0.3, -0.25) is 4.79 Å². The van der Waals surface area contributed by atoms with Crippen LogP contribution in [-0.4, -0.2) is 32.2 Å². The Labute approximate surface area is 137 Å². The summed E-state index contributed by atoms with van der Waals surface area (Å²) in [6, 6.07) is 17.7. The highest BCUT2D eigenvalue weighted by Gasteiger charge is 2.16. The van der Waals surface area contributed by atoms with Crippen LogP contribution in [0.2, 0.25) is 0 Å². The number of hydrogen-bond donors (Lipinski definition) is 2. The van der Waals surface area contributed by atoms with Crippen molar-refractivity contribution in [2.75, 3.05) is 26.3 Å². The zero-order chi connectivity index (χ0) is 15.9. The van der Waals surface area contributed by atoms with E-state index in [1.165, 1.54) is 16.0 Å². The monoisotopic (exact) mass is 311 g/mol. The highest BCUT2D eigenvalue weighted by atomic mass is 16.5. The normalized spacial score (nSPS) is 15.3. The number of carbonyl (C=O) groups excluding carboxylic acids is 1. The van der Waals surface area contributed by atoms with Crippen LogP contribution < -0.4 is 10.2 Å². The number of quaternary nitrogens is 1. The standard InChI is InChI=1S/C19H22N2O2/c22-19(16-6-2-1-3-7-16)20-14-17-8-4-5-9-18(17)15-21-10-12-23-13-11-21/h1-9H,10-15H2,(H,20,22)/p+1. The van der Waals surface area contributed by atoms with E-state index < -0.39 is 0 Å². The maximum absolute atomic E-state index is 12.2. The highest BCUT2D eigenvalue weighted by molar-refractivity contribution is 5.94. The molecular formula is C19H23N2O2+. The largest absolute Gasteiger partial charge is 0.370 e. The molecule has 120 valence electrons. The fourth-order valence-electron chi connectivity index (χ4n) is 2.88. The molecule has 2 aromatic carbocycles. The fourth-order valence-corrected chi connectivity index (χ4v) is 2.88. The summed E-state index contributed by atoms with van der Waals surface area (Å²) in [4.78, 5) is 13.7. The third-order valence-electron chi connectivity index (χ3n) is 4.23. The number of hydrogen-bond acceptors (Lipinski definition) is 2. The quantitative estimate of drug-likeness (QED) is 0.866. The molecule has 4 nitrogen and oxygen atoms in total. The van der Waals surface area contributed by atoms with E-state index in [-0.39, 0.29) is 5.91 Å². The second kappa shape index (κ2) is 7.90. The van der Waals surface area contributed by atoms with E-state index in [4.69, 9.17) is 4.74 Å². The maximum atomic E-state index is 12.2. The average Bonchev–Trinajstić information content (AvgIpc) is 2.62. The molecule has 0 unspecified atom stereocenters. The van der Waals surface area contributed by atoms with E-state index in [1.54, 1.807) is 0 Å². The van der Waals surface area contributed by atoms with Gasteiger partial charge in [0.15, 0.2) is 0 Å². The van der Waals surface area contributed by atoms with Crippen LogP contribution in [0.15, 0.2) is 54.6 Å². The lowest BCUT2D eigenvalue weighted by atomic mass is 10.1. The van der Waals surface area contributed by atoms with Crippen LogP contribution in [0.1, 0.15) is 21.5 Å². The van der Waals surface area contributed by atoms with Gasteiger partial charge in [0.05, 0.1) is 13.2 Å². The number of amides is 1. The van der Waals surface area contributed by atoms with Crippen molar-refractivity contribution < 1.29 is 14.4 Å². The van der Waals surface area contributed by atoms with Gasteiger partial charge in [0.1, 0.15) is 19.6 Å². The Kier molecular flexibility index (Phi) is 5.40. The summed E-state index contributed by atoms with van der Waals surface area (Å²) in [6.07, 6.45) is 0. The molecule has 0 aromatic heterocycles. The lowest BCUT2D eigenvalue weighted by Gasteiger charge is -2.24. The zero-order valence-electron chi connectivity index (χ0n) is 13.3. The van der Waals surface area contributed by atoms with Gasteiger partial charge in [-0.2, -0.15) is 0 Å². The Bertz CT molecular complexity index is 637. The number of morpholine rings is 1. The predicted molar refractivity (Wildman–Crippen MR) is 89.3 cm³/mol. The Morgan fingerprint density at radius 2 is 1.61 bits per heavy atom. The van der Waals surface area contributed by atoms with E-state index in [1.807, 2.05) is 36.4 Å². The molecule has 3 rings (SSSR count). The maximum Gasteiger partial charge on any atom is 0.251 e. The summed E-state index contributed by atoms with van der Waals surface area (Å²) >= 11 is 0. The van der Waals surface area contributed by atoms with Crippen molar-refractivity contribution >= 4 is 5.91 Å². The first kappa shape index (κ1) is 15.7. The van der Waals surface area contributed by atoms with Gasteiger partial charge in [-0.15, -0.1) is 0 Å². The topological polar surface area (TPSA) is 42.8 Å². The van der Waals surface area contributed by atoms with Crippen LogP contribution in [-0.2, 0) is 17.8 Å². The van der Waals surface area contributed by atoms with Crippen molar-refractivity contribution in [1.29, 1.82) is 0 Å². The molecular weight excluding hydrogens is 288 g/mol. The minimum atomic E-state index is -0.0286. The van der Waals surface area contributed by atoms with Crippen LogP contribution in [0.25, 0.3) is 0 Å². The summed E-state index contributed by atoms with van der Waals surface area (Å²) < 4.78 is 5.42. The first-order valence-electron chi connectivity index (χ1n) is 8.14. The van der Waals surface area contributed by atoms with E-state index in [9.17, 15) is 4.79 Å². The van der Waals surface area contributed by atoms with Crippen LogP contribution in [0.3, 0.4) is 0 Å². The van der Waals surface area contributed by atoms with E-state index in [0.717, 1.165) is 32.8 Å². The predicted octanol–water partition coefficient (Wildman–Crippen LogP) is 1.03. The highest BCUT2D eigenvalue weighted by Crippen LogP contribution is 2.08. The van der Waals surface area contributed by atoms with Gasteiger partial charge >= 0.3 is 0 Å². The molecule has 2 aromatic rings. The van der Waals surface area contributed by atoms with Crippen LogP contribution in [0.4, 0.5) is 0 Å². The van der Waals surface area contributed by atoms with Crippen molar-refractivity contribution in [3.8, 4) is 0 Å². The Hall–Kier alpha value is -2.17. The Morgan fingerprint density at radius 3 is 2.35 bits per heavy atom. The van der Waals surface area contributed by atoms with Crippen LogP contribution >= 0.6 is 0 Å². The van der Waals surface area contributed by atoms with Crippen molar-refractivity contribution in [3.63, 3.8) is 0 Å². The molecule has 1 amide bonds. The molecule has 0 atom stereocenters. The SMILES string of the molecule is O=C(NCc1ccccc1C[NH+]1CCOCC1)c1ccccc1. The molecule has 1 heterocycles. The molecule has 1 aliphatic heterocycles. The van der Waals surface area contributed by atoms with Gasteiger partial charge in [-0.1, -0.05) is 42.5 Å². The molecule has 2 N–H and O–H groups in total. The first-order valence-corrected chi connectivity index (χ1v) is 8.14. The smallest absolute Gasteiger partial charge is 0.251 e. The molecule has 4 heteroatoms. The van der Waals surface area contributed by atoms with Crippen LogP contribution in [0, 0.1) is 0 Å². The van der Waals surface area contributed by atoms with Gasteiger partial charge in [-0.05, 0) is 17.7 Å². The Morgan fingerprint density at radius 1 is 0.957 bits per heavy atom. The second-order valence-electron chi connectivity index (χ2n) is 5.86. The fraction of sp³-hybridized carbons (Fsp3) is 0.316. The summed E-state index contributed by atoms with van der Waals surface area (Å²) in [5, 5.41) is 3.02. The van der Waals surface area contributed by atoms with Gasteiger partial charge in [0.2, 0.25) is 0 Å². The van der Waals surface area contributed by atoms with E-state index in [2.05, 4.69) is 23.5 Å². The zero-order valence-corrected chi connectivity index (χ0v) is 13.3. The number of carbonyl (C=O) groups is 1. The summed E-state index contributed by atoms with van der Waals surface area (Å²) in [5.74, 6) is -0.0286. The molecule has 0 saturated carbocycles. The molecule has 0 aliphatic carbocycles.